The fraction of sp³-hybridized carbons (Fsp3) is 0.455. The van der Waals surface area contributed by atoms with Crippen LogP contribution >= 0.6 is 10.7 Å². The summed E-state index contributed by atoms with van der Waals surface area (Å²) in [6.07, 6.45) is 1.82. The minimum absolute atomic E-state index is 0.0917. The highest BCUT2D eigenvalue weighted by molar-refractivity contribution is 8.13. The van der Waals surface area contributed by atoms with Crippen molar-refractivity contribution in [1.82, 2.24) is 4.98 Å². The van der Waals surface area contributed by atoms with Gasteiger partial charge in [-0.25, -0.2) is 8.42 Å². The maximum absolute atomic E-state index is 11.8. The molecule has 0 spiro atoms. The summed E-state index contributed by atoms with van der Waals surface area (Å²) in [4.78, 5) is 17.5. The molecule has 2 heterocycles. The average molecular weight is 289 g/mol. The summed E-state index contributed by atoms with van der Waals surface area (Å²) in [5.41, 5.74) is 1.56. The average Bonchev–Trinajstić information content (AvgIpc) is 2.58. The maximum atomic E-state index is 11.8. The highest BCUT2D eigenvalue weighted by Crippen LogP contribution is 2.26. The number of halogens is 1. The number of carbonyl (C=O) groups is 1. The molecule has 0 radical (unpaired) electrons. The van der Waals surface area contributed by atoms with Gasteiger partial charge in [0.25, 0.3) is 0 Å². The molecule has 1 atom stereocenters. The molecule has 1 aromatic rings. The fourth-order valence-electron chi connectivity index (χ4n) is 2.04. The van der Waals surface area contributed by atoms with E-state index in [-0.39, 0.29) is 24.0 Å². The van der Waals surface area contributed by atoms with Crippen molar-refractivity contribution < 1.29 is 13.2 Å². The van der Waals surface area contributed by atoms with Gasteiger partial charge in [-0.15, -0.1) is 0 Å². The smallest absolute Gasteiger partial charge is 0.232 e. The third-order valence-electron chi connectivity index (χ3n) is 2.85. The van der Waals surface area contributed by atoms with Crippen LogP contribution in [-0.4, -0.2) is 31.6 Å². The number of hydrogen-bond acceptors (Lipinski definition) is 4. The van der Waals surface area contributed by atoms with Crippen molar-refractivity contribution in [3.8, 4) is 0 Å². The molecular weight excluding hydrogens is 276 g/mol. The van der Waals surface area contributed by atoms with Crippen molar-refractivity contribution in [1.29, 1.82) is 0 Å². The molecule has 1 amide bonds. The standard InChI is InChI=1S/C11H13ClN2O3S/c1-8-2-3-10(5-13-8)14-6-9(4-11(14)15)7-18(12,16)17/h2-3,5,9H,4,6-7H2,1H3. The molecule has 0 saturated carbocycles. The Morgan fingerprint density at radius 1 is 1.50 bits per heavy atom. The summed E-state index contributed by atoms with van der Waals surface area (Å²) in [5.74, 6) is -0.511. The number of nitrogens with zero attached hydrogens (tertiary/aromatic N) is 2. The number of pyridine rings is 1. The van der Waals surface area contributed by atoms with Crippen LogP contribution in [0.5, 0.6) is 0 Å². The molecule has 1 saturated heterocycles. The van der Waals surface area contributed by atoms with E-state index in [1.54, 1.807) is 17.2 Å². The van der Waals surface area contributed by atoms with Gasteiger partial charge in [-0.3, -0.25) is 9.78 Å². The molecule has 1 aliphatic heterocycles. The highest BCUT2D eigenvalue weighted by atomic mass is 35.7. The normalized spacial score (nSPS) is 20.4. The molecule has 2 rings (SSSR count). The molecule has 0 aromatic carbocycles. The summed E-state index contributed by atoms with van der Waals surface area (Å²) in [6.45, 7) is 2.23. The zero-order chi connectivity index (χ0) is 13.3. The second kappa shape index (κ2) is 4.85. The van der Waals surface area contributed by atoms with Crippen molar-refractivity contribution in [2.24, 2.45) is 5.92 Å². The minimum atomic E-state index is -3.57. The summed E-state index contributed by atoms with van der Waals surface area (Å²) < 4.78 is 22.0. The predicted molar refractivity (Wildman–Crippen MR) is 69.1 cm³/mol. The first-order valence-corrected chi connectivity index (χ1v) is 7.98. The topological polar surface area (TPSA) is 67.3 Å². The lowest BCUT2D eigenvalue weighted by Gasteiger charge is -2.16. The van der Waals surface area contributed by atoms with Crippen LogP contribution in [0.3, 0.4) is 0 Å². The minimum Gasteiger partial charge on any atom is -0.311 e. The Hall–Kier alpha value is -1.14. The number of aryl methyl sites for hydroxylation is 1. The Morgan fingerprint density at radius 3 is 2.78 bits per heavy atom. The second-order valence-electron chi connectivity index (χ2n) is 4.44. The van der Waals surface area contributed by atoms with Crippen molar-refractivity contribution in [2.75, 3.05) is 17.2 Å². The SMILES string of the molecule is Cc1ccc(N2CC(CS(=O)(=O)Cl)CC2=O)cn1. The quantitative estimate of drug-likeness (QED) is 0.787. The predicted octanol–water partition coefficient (Wildman–Crippen LogP) is 1.31. The highest BCUT2D eigenvalue weighted by Gasteiger charge is 2.33. The third-order valence-corrected chi connectivity index (χ3v) is 4.09. The van der Waals surface area contributed by atoms with E-state index in [0.29, 0.717) is 12.2 Å². The number of carbonyl (C=O) groups excluding carboxylic acids is 1. The van der Waals surface area contributed by atoms with E-state index in [4.69, 9.17) is 10.7 Å². The molecule has 5 nitrogen and oxygen atoms in total. The van der Waals surface area contributed by atoms with Crippen LogP contribution in [0.2, 0.25) is 0 Å². The lowest BCUT2D eigenvalue weighted by Crippen LogP contribution is -2.25. The monoisotopic (exact) mass is 288 g/mol. The summed E-state index contributed by atoms with van der Waals surface area (Å²) >= 11 is 0. The van der Waals surface area contributed by atoms with Crippen LogP contribution in [0.15, 0.2) is 18.3 Å². The molecule has 0 N–H and O–H groups in total. The van der Waals surface area contributed by atoms with Gasteiger partial charge in [0.1, 0.15) is 0 Å². The largest absolute Gasteiger partial charge is 0.311 e. The van der Waals surface area contributed by atoms with Crippen molar-refractivity contribution in [3.63, 3.8) is 0 Å². The zero-order valence-electron chi connectivity index (χ0n) is 9.84. The molecule has 0 aliphatic carbocycles. The number of amides is 1. The molecule has 1 fully saturated rings. The van der Waals surface area contributed by atoms with Gasteiger partial charge in [0.15, 0.2) is 0 Å². The Labute approximate surface area is 110 Å². The van der Waals surface area contributed by atoms with Gasteiger partial charge in [-0.2, -0.15) is 0 Å². The maximum Gasteiger partial charge on any atom is 0.232 e. The lowest BCUT2D eigenvalue weighted by atomic mass is 10.1. The molecular formula is C11H13ClN2O3S. The molecule has 7 heteroatoms. The van der Waals surface area contributed by atoms with E-state index in [9.17, 15) is 13.2 Å². The first-order chi connectivity index (χ1) is 8.35. The Morgan fingerprint density at radius 2 is 2.22 bits per heavy atom. The van der Waals surface area contributed by atoms with Gasteiger partial charge in [0.05, 0.1) is 17.6 Å². The first-order valence-electron chi connectivity index (χ1n) is 5.50. The van der Waals surface area contributed by atoms with Crippen LogP contribution in [0, 0.1) is 12.8 Å². The van der Waals surface area contributed by atoms with Crippen LogP contribution < -0.4 is 4.90 Å². The van der Waals surface area contributed by atoms with E-state index in [1.807, 2.05) is 13.0 Å². The van der Waals surface area contributed by atoms with E-state index >= 15 is 0 Å². The summed E-state index contributed by atoms with van der Waals surface area (Å²) in [7, 11) is 1.64. The third kappa shape index (κ3) is 3.20. The zero-order valence-corrected chi connectivity index (χ0v) is 11.4. The summed E-state index contributed by atoms with van der Waals surface area (Å²) in [6, 6.07) is 3.62. The van der Waals surface area contributed by atoms with Crippen LogP contribution in [0.1, 0.15) is 12.1 Å². The number of aromatic nitrogens is 1. The second-order valence-corrected chi connectivity index (χ2v) is 7.26. The van der Waals surface area contributed by atoms with Crippen molar-refractivity contribution in [3.05, 3.63) is 24.0 Å². The molecule has 98 valence electrons. The molecule has 0 bridgehead atoms. The molecule has 1 unspecified atom stereocenters. The van der Waals surface area contributed by atoms with Gasteiger partial charge in [-0.1, -0.05) is 0 Å². The lowest BCUT2D eigenvalue weighted by molar-refractivity contribution is -0.117. The Kier molecular flexibility index (Phi) is 3.59. The fourth-order valence-corrected chi connectivity index (χ4v) is 3.36. The van der Waals surface area contributed by atoms with Crippen LogP contribution in [0.25, 0.3) is 0 Å². The Bertz CT molecular complexity index is 556. The molecule has 18 heavy (non-hydrogen) atoms. The number of anilines is 1. The number of rotatable bonds is 3. The van der Waals surface area contributed by atoms with E-state index in [0.717, 1.165) is 5.69 Å². The van der Waals surface area contributed by atoms with Gasteiger partial charge in [0, 0.05) is 35.3 Å². The Balaban J connectivity index is 2.12. The van der Waals surface area contributed by atoms with E-state index in [2.05, 4.69) is 4.98 Å². The van der Waals surface area contributed by atoms with Gasteiger partial charge in [0.2, 0.25) is 15.0 Å². The molecule has 1 aromatic heterocycles. The van der Waals surface area contributed by atoms with Crippen LogP contribution in [0.4, 0.5) is 5.69 Å². The summed E-state index contributed by atoms with van der Waals surface area (Å²) in [5, 5.41) is 0. The van der Waals surface area contributed by atoms with Crippen LogP contribution in [-0.2, 0) is 13.8 Å². The van der Waals surface area contributed by atoms with Gasteiger partial charge < -0.3 is 4.90 Å². The number of hydrogen-bond donors (Lipinski definition) is 0. The first kappa shape index (κ1) is 13.3. The van der Waals surface area contributed by atoms with Gasteiger partial charge in [-0.05, 0) is 19.1 Å². The van der Waals surface area contributed by atoms with Gasteiger partial charge >= 0.3 is 0 Å². The van der Waals surface area contributed by atoms with E-state index < -0.39 is 9.05 Å². The van der Waals surface area contributed by atoms with Crippen molar-refractivity contribution in [2.45, 2.75) is 13.3 Å². The molecule has 1 aliphatic rings. The van der Waals surface area contributed by atoms with Crippen molar-refractivity contribution >= 4 is 31.3 Å². The van der Waals surface area contributed by atoms with E-state index in [1.165, 1.54) is 0 Å².